The summed E-state index contributed by atoms with van der Waals surface area (Å²) in [7, 11) is 1.60. The first kappa shape index (κ1) is 29.7. The SMILES string of the molecule is COc1ccccc1-c1nccc(COc2ccccc2C[C@H](Nc2ncnn3cc(-c4ccc(F)cc4)c(Br)c23)C(=O)O)n1. The van der Waals surface area contributed by atoms with Crippen molar-refractivity contribution in [3.63, 3.8) is 0 Å². The van der Waals surface area contributed by atoms with Gasteiger partial charge < -0.3 is 19.9 Å². The fourth-order valence-corrected chi connectivity index (χ4v) is 5.60. The standard InChI is InChI=1S/C33H26BrFN6O4/c1-44-28-9-5-3-7-24(28)31-36-15-14-23(39-31)18-45-27-8-4-2-6-21(27)16-26(33(42)43)40-32-30-29(34)25(17-41(30)38-19-37-32)20-10-12-22(35)13-11-20/h2-15,17,19,26H,16,18H2,1H3,(H,42,43)(H,37,38,40)/t26-/m0/s1. The summed E-state index contributed by atoms with van der Waals surface area (Å²) in [6.45, 7) is 0.142. The zero-order valence-corrected chi connectivity index (χ0v) is 25.5. The second-order valence-corrected chi connectivity index (χ2v) is 10.8. The third-order valence-electron chi connectivity index (χ3n) is 7.11. The highest BCUT2D eigenvalue weighted by atomic mass is 79.9. The Kier molecular flexibility index (Phi) is 8.65. The van der Waals surface area contributed by atoms with Crippen LogP contribution in [-0.4, -0.2) is 48.8 Å². The minimum absolute atomic E-state index is 0.0983. The molecule has 0 unspecified atom stereocenters. The number of methoxy groups -OCH3 is 1. The van der Waals surface area contributed by atoms with Crippen LogP contribution in [0.4, 0.5) is 10.2 Å². The number of hydrogen-bond donors (Lipinski definition) is 2. The second kappa shape index (κ2) is 13.1. The summed E-state index contributed by atoms with van der Waals surface area (Å²) < 4.78 is 27.3. The highest BCUT2D eigenvalue weighted by Crippen LogP contribution is 2.36. The summed E-state index contributed by atoms with van der Waals surface area (Å²) in [5, 5.41) is 17.6. The van der Waals surface area contributed by atoms with Crippen LogP contribution >= 0.6 is 15.9 Å². The molecule has 10 nitrogen and oxygen atoms in total. The van der Waals surface area contributed by atoms with E-state index in [0.29, 0.717) is 44.4 Å². The Hall–Kier alpha value is -5.36. The van der Waals surface area contributed by atoms with E-state index in [2.05, 4.69) is 41.3 Å². The maximum atomic E-state index is 13.5. The maximum Gasteiger partial charge on any atom is 0.326 e. The van der Waals surface area contributed by atoms with E-state index in [1.807, 2.05) is 42.5 Å². The Morgan fingerprint density at radius 3 is 2.53 bits per heavy atom. The summed E-state index contributed by atoms with van der Waals surface area (Å²) >= 11 is 3.61. The van der Waals surface area contributed by atoms with Gasteiger partial charge in [0.15, 0.2) is 11.6 Å². The molecule has 12 heteroatoms. The Balaban J connectivity index is 1.22. The Morgan fingerprint density at radius 1 is 1.00 bits per heavy atom. The van der Waals surface area contributed by atoms with Gasteiger partial charge in [0.2, 0.25) is 0 Å². The molecule has 0 spiro atoms. The molecule has 0 aliphatic heterocycles. The van der Waals surface area contributed by atoms with Crippen LogP contribution in [0.25, 0.3) is 28.0 Å². The summed E-state index contributed by atoms with van der Waals surface area (Å²) in [6.07, 6.45) is 4.87. The number of nitrogens with one attached hydrogen (secondary N) is 1. The average molecular weight is 670 g/mol. The number of halogens is 2. The lowest BCUT2D eigenvalue weighted by Gasteiger charge is -2.18. The van der Waals surface area contributed by atoms with Gasteiger partial charge in [0.05, 0.1) is 22.8 Å². The number of ether oxygens (including phenoxy) is 2. The van der Waals surface area contributed by atoms with E-state index in [9.17, 15) is 14.3 Å². The minimum atomic E-state index is -1.07. The van der Waals surface area contributed by atoms with Crippen LogP contribution in [-0.2, 0) is 17.8 Å². The highest BCUT2D eigenvalue weighted by Gasteiger charge is 2.24. The average Bonchev–Trinajstić information content (AvgIpc) is 3.41. The van der Waals surface area contributed by atoms with Crippen molar-refractivity contribution in [3.8, 4) is 34.0 Å². The number of nitrogens with zero attached hydrogens (tertiary/aromatic N) is 5. The highest BCUT2D eigenvalue weighted by molar-refractivity contribution is 9.10. The number of carboxylic acids is 1. The van der Waals surface area contributed by atoms with Crippen molar-refractivity contribution in [1.82, 2.24) is 24.6 Å². The maximum absolute atomic E-state index is 13.5. The van der Waals surface area contributed by atoms with Crippen molar-refractivity contribution >= 4 is 33.2 Å². The molecule has 6 aromatic rings. The summed E-state index contributed by atoms with van der Waals surface area (Å²) in [6, 6.07) is 21.5. The fourth-order valence-electron chi connectivity index (χ4n) is 4.90. The zero-order chi connectivity index (χ0) is 31.3. The molecule has 226 valence electrons. The number of para-hydroxylation sites is 2. The smallest absolute Gasteiger partial charge is 0.326 e. The van der Waals surface area contributed by atoms with Gasteiger partial charge in [-0.3, -0.25) is 0 Å². The lowest BCUT2D eigenvalue weighted by Crippen LogP contribution is -2.32. The van der Waals surface area contributed by atoms with Gasteiger partial charge in [0, 0.05) is 24.4 Å². The molecule has 0 amide bonds. The van der Waals surface area contributed by atoms with Crippen molar-refractivity contribution in [3.05, 3.63) is 119 Å². The molecule has 3 aromatic carbocycles. The van der Waals surface area contributed by atoms with Crippen LogP contribution in [0.2, 0.25) is 0 Å². The summed E-state index contributed by atoms with van der Waals surface area (Å²) in [4.78, 5) is 25.9. The van der Waals surface area contributed by atoms with Gasteiger partial charge in [-0.2, -0.15) is 5.10 Å². The fraction of sp³-hybridized carbons (Fsp3) is 0.121. The number of benzene rings is 3. The molecule has 0 bridgehead atoms. The monoisotopic (exact) mass is 668 g/mol. The number of carboxylic acid groups (broad SMARTS) is 1. The molecule has 0 aliphatic rings. The Labute approximate surface area is 265 Å². The topological polar surface area (TPSA) is 124 Å². The van der Waals surface area contributed by atoms with E-state index >= 15 is 0 Å². The molecule has 6 rings (SSSR count). The van der Waals surface area contributed by atoms with Crippen molar-refractivity contribution in [2.45, 2.75) is 19.1 Å². The number of aromatic nitrogens is 5. The van der Waals surface area contributed by atoms with Gasteiger partial charge in [0.1, 0.15) is 41.8 Å². The van der Waals surface area contributed by atoms with Crippen LogP contribution in [0, 0.1) is 5.82 Å². The molecule has 0 saturated carbocycles. The zero-order valence-electron chi connectivity index (χ0n) is 23.9. The van der Waals surface area contributed by atoms with Crippen LogP contribution in [0.1, 0.15) is 11.3 Å². The van der Waals surface area contributed by atoms with Crippen molar-refractivity contribution < 1.29 is 23.8 Å². The third kappa shape index (κ3) is 6.46. The molecule has 0 radical (unpaired) electrons. The van der Waals surface area contributed by atoms with Crippen molar-refractivity contribution in [1.29, 1.82) is 0 Å². The lowest BCUT2D eigenvalue weighted by atomic mass is 10.0. The molecule has 0 aliphatic carbocycles. The van der Waals surface area contributed by atoms with E-state index in [1.165, 1.54) is 18.5 Å². The van der Waals surface area contributed by atoms with E-state index < -0.39 is 12.0 Å². The molecule has 2 N–H and O–H groups in total. The van der Waals surface area contributed by atoms with Gasteiger partial charge in [-0.25, -0.2) is 28.7 Å². The predicted octanol–water partition coefficient (Wildman–Crippen LogP) is 6.45. The van der Waals surface area contributed by atoms with Crippen LogP contribution in [0.5, 0.6) is 11.5 Å². The molecule has 3 aromatic heterocycles. The Morgan fingerprint density at radius 2 is 1.76 bits per heavy atom. The van der Waals surface area contributed by atoms with Crippen molar-refractivity contribution in [2.24, 2.45) is 0 Å². The largest absolute Gasteiger partial charge is 0.496 e. The summed E-state index contributed by atoms with van der Waals surface area (Å²) in [5.41, 5.74) is 4.15. The number of carbonyl (C=O) groups is 1. The first-order valence-electron chi connectivity index (χ1n) is 13.8. The number of fused-ring (bicyclic) bond motifs is 1. The molecule has 0 fully saturated rings. The second-order valence-electron chi connectivity index (χ2n) is 9.97. The van der Waals surface area contributed by atoms with Crippen LogP contribution in [0.15, 0.2) is 102 Å². The van der Waals surface area contributed by atoms with Gasteiger partial charge in [-0.05, 0) is 63.5 Å². The van der Waals surface area contributed by atoms with E-state index in [-0.39, 0.29) is 18.8 Å². The molecule has 3 heterocycles. The lowest BCUT2D eigenvalue weighted by molar-refractivity contribution is -0.137. The molecule has 0 saturated heterocycles. The first-order chi connectivity index (χ1) is 21.9. The van der Waals surface area contributed by atoms with Gasteiger partial charge in [-0.15, -0.1) is 0 Å². The quantitative estimate of drug-likeness (QED) is 0.160. The third-order valence-corrected chi connectivity index (χ3v) is 7.91. The van der Waals surface area contributed by atoms with Crippen molar-refractivity contribution in [2.75, 3.05) is 12.4 Å². The number of rotatable bonds is 11. The van der Waals surface area contributed by atoms with E-state index in [4.69, 9.17) is 9.47 Å². The first-order valence-corrected chi connectivity index (χ1v) is 14.6. The normalized spacial score (nSPS) is 11.7. The van der Waals surface area contributed by atoms with Gasteiger partial charge >= 0.3 is 5.97 Å². The molecule has 45 heavy (non-hydrogen) atoms. The molecular formula is C33H26BrFN6O4. The number of anilines is 1. The number of hydrogen-bond acceptors (Lipinski definition) is 8. The summed E-state index contributed by atoms with van der Waals surface area (Å²) in [5.74, 6) is 0.601. The van der Waals surface area contributed by atoms with Gasteiger partial charge in [-0.1, -0.05) is 42.5 Å². The van der Waals surface area contributed by atoms with E-state index in [1.54, 1.807) is 48.3 Å². The Bertz CT molecular complexity index is 1980. The minimum Gasteiger partial charge on any atom is -0.496 e. The molecular weight excluding hydrogens is 643 g/mol. The number of aliphatic carboxylic acids is 1. The van der Waals surface area contributed by atoms with Crippen LogP contribution < -0.4 is 14.8 Å². The van der Waals surface area contributed by atoms with Gasteiger partial charge in [0.25, 0.3) is 0 Å². The van der Waals surface area contributed by atoms with Crippen LogP contribution in [0.3, 0.4) is 0 Å². The predicted molar refractivity (Wildman–Crippen MR) is 170 cm³/mol. The molecule has 1 atom stereocenters. The van der Waals surface area contributed by atoms with E-state index in [0.717, 1.165) is 16.7 Å².